The summed E-state index contributed by atoms with van der Waals surface area (Å²) in [4.78, 5) is 11.3. The summed E-state index contributed by atoms with van der Waals surface area (Å²) in [7, 11) is 1.73. The Labute approximate surface area is 107 Å². The summed E-state index contributed by atoms with van der Waals surface area (Å²) in [6, 6.07) is 7.25. The van der Waals surface area contributed by atoms with Gasteiger partial charge in [-0.3, -0.25) is 4.79 Å². The molecule has 0 unspecified atom stereocenters. The summed E-state index contributed by atoms with van der Waals surface area (Å²) in [6.45, 7) is 4.31. The molecular weight excluding hydrogens is 240 g/mol. The molecule has 0 radical (unpaired) electrons. The fourth-order valence-corrected chi connectivity index (χ4v) is 1.18. The molecule has 0 aromatic heterocycles. The van der Waals surface area contributed by atoms with Gasteiger partial charge < -0.3 is 15.4 Å². The van der Waals surface area contributed by atoms with Crippen LogP contribution in [0, 0.1) is 0 Å². The van der Waals surface area contributed by atoms with E-state index in [0.717, 1.165) is 5.69 Å². The Morgan fingerprint density at radius 2 is 2.29 bits per heavy atom. The van der Waals surface area contributed by atoms with Crippen molar-refractivity contribution in [3.8, 4) is 5.75 Å². The largest absolute Gasteiger partial charge is 0.489 e. The van der Waals surface area contributed by atoms with E-state index in [1.54, 1.807) is 19.2 Å². The van der Waals surface area contributed by atoms with Crippen molar-refractivity contribution in [2.75, 3.05) is 25.5 Å². The molecule has 0 heterocycles. The smallest absolute Gasteiger partial charge is 0.238 e. The van der Waals surface area contributed by atoms with Crippen molar-refractivity contribution in [1.82, 2.24) is 5.32 Å². The first kappa shape index (κ1) is 15.5. The van der Waals surface area contributed by atoms with Crippen LogP contribution in [0.4, 0.5) is 5.69 Å². The van der Waals surface area contributed by atoms with Gasteiger partial charge in [-0.05, 0) is 19.2 Å². The van der Waals surface area contributed by atoms with Gasteiger partial charge in [-0.1, -0.05) is 18.7 Å². The monoisotopic (exact) mass is 256 g/mol. The van der Waals surface area contributed by atoms with Crippen LogP contribution in [0.15, 0.2) is 36.9 Å². The van der Waals surface area contributed by atoms with Crippen molar-refractivity contribution in [3.63, 3.8) is 0 Å². The van der Waals surface area contributed by atoms with Crippen LogP contribution in [0.2, 0.25) is 0 Å². The lowest BCUT2D eigenvalue weighted by Crippen LogP contribution is -2.24. The quantitative estimate of drug-likeness (QED) is 0.764. The number of nitrogens with one attached hydrogen (secondary N) is 2. The van der Waals surface area contributed by atoms with Gasteiger partial charge in [-0.15, -0.1) is 12.4 Å². The van der Waals surface area contributed by atoms with Gasteiger partial charge in [-0.2, -0.15) is 0 Å². The number of benzene rings is 1. The van der Waals surface area contributed by atoms with Crippen LogP contribution in [-0.4, -0.2) is 26.1 Å². The van der Waals surface area contributed by atoms with Gasteiger partial charge in [0.2, 0.25) is 5.91 Å². The first-order valence-corrected chi connectivity index (χ1v) is 5.04. The summed E-state index contributed by atoms with van der Waals surface area (Å²) >= 11 is 0. The molecule has 0 fully saturated rings. The number of carbonyl (C=O) groups excluding carboxylic acids is 1. The molecule has 5 heteroatoms. The number of hydrogen-bond donors (Lipinski definition) is 2. The minimum absolute atomic E-state index is 0. The normalized spacial score (nSPS) is 9.00. The number of ether oxygens (including phenoxy) is 1. The average molecular weight is 257 g/mol. The molecule has 17 heavy (non-hydrogen) atoms. The Morgan fingerprint density at radius 1 is 1.53 bits per heavy atom. The molecule has 0 aliphatic rings. The van der Waals surface area contributed by atoms with Crippen LogP contribution in [0.25, 0.3) is 0 Å². The van der Waals surface area contributed by atoms with Gasteiger partial charge in [0.1, 0.15) is 12.4 Å². The van der Waals surface area contributed by atoms with Crippen LogP contribution in [0.3, 0.4) is 0 Å². The van der Waals surface area contributed by atoms with Crippen molar-refractivity contribution in [2.24, 2.45) is 0 Å². The van der Waals surface area contributed by atoms with E-state index in [9.17, 15) is 4.79 Å². The highest BCUT2D eigenvalue weighted by atomic mass is 35.5. The summed E-state index contributed by atoms with van der Waals surface area (Å²) in [5.74, 6) is 0.630. The highest BCUT2D eigenvalue weighted by Gasteiger charge is 2.01. The minimum atomic E-state index is -0.0802. The number of halogens is 1. The zero-order valence-corrected chi connectivity index (χ0v) is 10.5. The zero-order valence-electron chi connectivity index (χ0n) is 9.73. The molecule has 94 valence electrons. The second kappa shape index (κ2) is 8.61. The topological polar surface area (TPSA) is 50.4 Å². The van der Waals surface area contributed by atoms with E-state index < -0.39 is 0 Å². The number of carbonyl (C=O) groups is 1. The van der Waals surface area contributed by atoms with Gasteiger partial charge in [0.25, 0.3) is 0 Å². The van der Waals surface area contributed by atoms with Crippen molar-refractivity contribution in [2.45, 2.75) is 0 Å². The van der Waals surface area contributed by atoms with Gasteiger partial charge in [-0.25, -0.2) is 0 Å². The van der Waals surface area contributed by atoms with Crippen molar-refractivity contribution >= 4 is 24.0 Å². The molecule has 1 aromatic rings. The molecule has 0 aliphatic carbocycles. The number of likely N-dealkylation sites (N-methyl/N-ethyl adjacent to an activating group) is 1. The van der Waals surface area contributed by atoms with E-state index >= 15 is 0 Å². The van der Waals surface area contributed by atoms with Gasteiger partial charge in [0.05, 0.1) is 6.54 Å². The van der Waals surface area contributed by atoms with Crippen LogP contribution >= 0.6 is 12.4 Å². The third-order valence-corrected chi connectivity index (χ3v) is 1.82. The maximum Gasteiger partial charge on any atom is 0.238 e. The molecule has 1 rings (SSSR count). The summed E-state index contributed by atoms with van der Waals surface area (Å²) < 4.78 is 5.35. The number of rotatable bonds is 6. The summed E-state index contributed by atoms with van der Waals surface area (Å²) in [5.41, 5.74) is 0.724. The van der Waals surface area contributed by atoms with Crippen LogP contribution in [0.5, 0.6) is 5.75 Å². The van der Waals surface area contributed by atoms with Gasteiger partial charge in [0, 0.05) is 11.8 Å². The second-order valence-corrected chi connectivity index (χ2v) is 3.21. The number of anilines is 1. The van der Waals surface area contributed by atoms with Crippen molar-refractivity contribution < 1.29 is 9.53 Å². The maximum atomic E-state index is 11.3. The number of amides is 1. The Balaban J connectivity index is 0.00000256. The molecule has 4 nitrogen and oxygen atoms in total. The van der Waals surface area contributed by atoms with Crippen LogP contribution in [0.1, 0.15) is 0 Å². The maximum absolute atomic E-state index is 11.3. The third-order valence-electron chi connectivity index (χ3n) is 1.82. The van der Waals surface area contributed by atoms with Gasteiger partial charge in [0.15, 0.2) is 0 Å². The van der Waals surface area contributed by atoms with E-state index in [-0.39, 0.29) is 24.9 Å². The SMILES string of the molecule is C=CCOc1cccc(NC(=O)CNC)c1.Cl. The Bertz CT molecular complexity index is 369. The van der Waals surface area contributed by atoms with E-state index in [2.05, 4.69) is 17.2 Å². The first-order chi connectivity index (χ1) is 7.76. The fraction of sp³-hybridized carbons (Fsp3) is 0.250. The van der Waals surface area contributed by atoms with Crippen LogP contribution < -0.4 is 15.4 Å². The lowest BCUT2D eigenvalue weighted by Gasteiger charge is -2.07. The third kappa shape index (κ3) is 5.94. The van der Waals surface area contributed by atoms with Crippen molar-refractivity contribution in [1.29, 1.82) is 0 Å². The Hall–Kier alpha value is -1.52. The summed E-state index contributed by atoms with van der Waals surface area (Å²) in [5, 5.41) is 5.53. The molecule has 0 aliphatic heterocycles. The van der Waals surface area contributed by atoms with E-state index in [0.29, 0.717) is 12.4 Å². The molecule has 2 N–H and O–H groups in total. The highest BCUT2D eigenvalue weighted by Crippen LogP contribution is 2.17. The Morgan fingerprint density at radius 3 is 2.94 bits per heavy atom. The average Bonchev–Trinajstić information content (AvgIpc) is 2.27. The predicted molar refractivity (Wildman–Crippen MR) is 71.9 cm³/mol. The fourth-order valence-electron chi connectivity index (χ4n) is 1.18. The molecule has 0 bridgehead atoms. The summed E-state index contributed by atoms with van der Waals surface area (Å²) in [6.07, 6.45) is 1.67. The molecule has 0 saturated heterocycles. The van der Waals surface area contributed by atoms with Crippen molar-refractivity contribution in [3.05, 3.63) is 36.9 Å². The Kier molecular flexibility index (Phi) is 7.84. The van der Waals surface area contributed by atoms with E-state index in [4.69, 9.17) is 4.74 Å². The standard InChI is InChI=1S/C12H16N2O2.ClH/c1-3-7-16-11-6-4-5-10(8-11)14-12(15)9-13-2;/h3-6,8,13H,1,7,9H2,2H3,(H,14,15);1H. The van der Waals surface area contributed by atoms with E-state index in [1.807, 2.05) is 18.2 Å². The lowest BCUT2D eigenvalue weighted by molar-refractivity contribution is -0.115. The highest BCUT2D eigenvalue weighted by molar-refractivity contribution is 5.92. The zero-order chi connectivity index (χ0) is 11.8. The molecular formula is C12H17ClN2O2. The molecule has 0 atom stereocenters. The molecule has 1 aromatic carbocycles. The molecule has 0 saturated carbocycles. The first-order valence-electron chi connectivity index (χ1n) is 5.04. The molecule has 1 amide bonds. The second-order valence-electron chi connectivity index (χ2n) is 3.21. The van der Waals surface area contributed by atoms with Crippen LogP contribution in [-0.2, 0) is 4.79 Å². The minimum Gasteiger partial charge on any atom is -0.489 e. The predicted octanol–water partition coefficient (Wildman–Crippen LogP) is 1.83. The number of hydrogen-bond acceptors (Lipinski definition) is 3. The molecule has 0 spiro atoms. The lowest BCUT2D eigenvalue weighted by atomic mass is 10.3. The van der Waals surface area contributed by atoms with E-state index in [1.165, 1.54) is 0 Å². The van der Waals surface area contributed by atoms with Gasteiger partial charge >= 0.3 is 0 Å².